The fourth-order valence-corrected chi connectivity index (χ4v) is 6.50. The lowest BCUT2D eigenvalue weighted by Gasteiger charge is -2.11. The van der Waals surface area contributed by atoms with Gasteiger partial charge in [-0.25, -0.2) is 9.97 Å². The molecule has 210 valence electrons. The number of para-hydroxylation sites is 3. The summed E-state index contributed by atoms with van der Waals surface area (Å²) in [5, 5.41) is 4.40. The first-order valence-electron chi connectivity index (χ1n) is 15.2. The molecule has 45 heavy (non-hydrogen) atoms. The van der Waals surface area contributed by atoms with E-state index in [1.54, 1.807) is 0 Å². The van der Waals surface area contributed by atoms with E-state index in [0.29, 0.717) is 0 Å². The summed E-state index contributed by atoms with van der Waals surface area (Å²) in [4.78, 5) is 10.3. The zero-order valence-electron chi connectivity index (χ0n) is 24.3. The van der Waals surface area contributed by atoms with Crippen LogP contribution in [-0.4, -0.2) is 9.97 Å². The van der Waals surface area contributed by atoms with Gasteiger partial charge in [0, 0.05) is 27.3 Å². The summed E-state index contributed by atoms with van der Waals surface area (Å²) < 4.78 is 6.85. The molecule has 0 unspecified atom stereocenters. The van der Waals surface area contributed by atoms with Crippen LogP contribution in [0.1, 0.15) is 0 Å². The molecule has 0 amide bonds. The third-order valence-electron chi connectivity index (χ3n) is 8.68. The van der Waals surface area contributed by atoms with Crippen molar-refractivity contribution in [2.75, 3.05) is 0 Å². The Kier molecular flexibility index (Phi) is 5.82. The van der Waals surface area contributed by atoms with E-state index in [9.17, 15) is 0 Å². The number of furan rings is 1. The molecule has 0 aliphatic carbocycles. The molecule has 0 atom stereocenters. The summed E-state index contributed by atoms with van der Waals surface area (Å²) in [6, 6.07) is 54.8. The highest BCUT2D eigenvalue weighted by Crippen LogP contribution is 2.43. The molecule has 0 aliphatic rings. The highest BCUT2D eigenvalue weighted by Gasteiger charge is 2.21. The number of hydrogen-bond acceptors (Lipinski definition) is 3. The Morgan fingerprint density at radius 3 is 1.60 bits per heavy atom. The van der Waals surface area contributed by atoms with Gasteiger partial charge in [-0.15, -0.1) is 0 Å². The predicted molar refractivity (Wildman–Crippen MR) is 186 cm³/mol. The van der Waals surface area contributed by atoms with E-state index < -0.39 is 0 Å². The molecule has 0 spiro atoms. The number of nitrogens with zero attached hydrogens (tertiary/aromatic N) is 2. The lowest BCUT2D eigenvalue weighted by Crippen LogP contribution is -1.95. The second-order valence-electron chi connectivity index (χ2n) is 11.3. The average molecular weight is 575 g/mol. The Hall–Kier alpha value is -6.06. The van der Waals surface area contributed by atoms with E-state index in [1.165, 1.54) is 22.3 Å². The molecule has 0 saturated carbocycles. The molecule has 2 aromatic heterocycles. The molecular formula is C42H26N2O. The molecule has 0 fully saturated rings. The van der Waals surface area contributed by atoms with Crippen LogP contribution >= 0.6 is 0 Å². The van der Waals surface area contributed by atoms with Gasteiger partial charge in [0.05, 0.1) is 16.7 Å². The fourth-order valence-electron chi connectivity index (χ4n) is 6.50. The summed E-state index contributed by atoms with van der Waals surface area (Å²) in [6.07, 6.45) is 0. The van der Waals surface area contributed by atoms with Crippen molar-refractivity contribution in [3.8, 4) is 44.8 Å². The van der Waals surface area contributed by atoms with Gasteiger partial charge in [-0.2, -0.15) is 0 Å². The molecule has 0 aliphatic heterocycles. The summed E-state index contributed by atoms with van der Waals surface area (Å²) in [5.74, 6) is 0. The van der Waals surface area contributed by atoms with Crippen molar-refractivity contribution in [3.63, 3.8) is 0 Å². The third-order valence-corrected chi connectivity index (χ3v) is 8.68. The molecule has 2 heterocycles. The first kappa shape index (κ1) is 25.4. The van der Waals surface area contributed by atoms with Crippen molar-refractivity contribution in [2.45, 2.75) is 0 Å². The lowest BCUT2D eigenvalue weighted by atomic mass is 9.93. The quantitative estimate of drug-likeness (QED) is 0.210. The van der Waals surface area contributed by atoms with E-state index in [-0.39, 0.29) is 0 Å². The van der Waals surface area contributed by atoms with Gasteiger partial charge in [0.25, 0.3) is 0 Å². The summed E-state index contributed by atoms with van der Waals surface area (Å²) in [5.41, 5.74) is 11.8. The normalized spacial score (nSPS) is 11.6. The number of hydrogen-bond donors (Lipinski definition) is 0. The Morgan fingerprint density at radius 1 is 0.333 bits per heavy atom. The second-order valence-corrected chi connectivity index (χ2v) is 11.3. The summed E-state index contributed by atoms with van der Waals surface area (Å²) in [7, 11) is 0. The summed E-state index contributed by atoms with van der Waals surface area (Å²) >= 11 is 0. The number of rotatable bonds is 4. The zero-order valence-corrected chi connectivity index (χ0v) is 24.3. The molecule has 0 bridgehead atoms. The molecule has 7 aromatic carbocycles. The Labute approximate surface area is 260 Å². The van der Waals surface area contributed by atoms with Crippen LogP contribution in [0.5, 0.6) is 0 Å². The average Bonchev–Trinajstić information content (AvgIpc) is 3.51. The number of fused-ring (bicyclic) bond motifs is 6. The van der Waals surface area contributed by atoms with Gasteiger partial charge in [-0.05, 0) is 51.9 Å². The van der Waals surface area contributed by atoms with Crippen LogP contribution in [0.4, 0.5) is 0 Å². The molecule has 3 heteroatoms. The number of aromatic nitrogens is 2. The Balaban J connectivity index is 1.29. The monoisotopic (exact) mass is 574 g/mol. The molecule has 0 N–H and O–H groups in total. The van der Waals surface area contributed by atoms with Gasteiger partial charge in [-0.3, -0.25) is 0 Å². The predicted octanol–water partition coefficient (Wildman–Crippen LogP) is 11.4. The molecule has 3 nitrogen and oxygen atoms in total. The second kappa shape index (κ2) is 10.3. The van der Waals surface area contributed by atoms with Crippen LogP contribution in [0, 0.1) is 0 Å². The maximum Gasteiger partial charge on any atom is 0.144 e. The number of benzene rings is 7. The maximum absolute atomic E-state index is 6.85. The minimum atomic E-state index is 0.811. The minimum Gasteiger partial charge on any atom is -0.455 e. The van der Waals surface area contributed by atoms with Crippen LogP contribution in [-0.2, 0) is 0 Å². The van der Waals surface area contributed by atoms with Gasteiger partial charge < -0.3 is 4.42 Å². The van der Waals surface area contributed by atoms with Crippen molar-refractivity contribution >= 4 is 43.7 Å². The van der Waals surface area contributed by atoms with Gasteiger partial charge in [-0.1, -0.05) is 133 Å². The third kappa shape index (κ3) is 4.21. The molecule has 0 saturated heterocycles. The first-order chi connectivity index (χ1) is 22.3. The SMILES string of the molecule is c1ccc(-c2ccc(-c3cc4c5cccc(-c6nc7ccccc7nc6-c6ccccc6)c5oc4c4ccccc34)cc2)cc1. The molecule has 9 rings (SSSR count). The Morgan fingerprint density at radius 2 is 0.867 bits per heavy atom. The first-order valence-corrected chi connectivity index (χ1v) is 15.2. The smallest absolute Gasteiger partial charge is 0.144 e. The van der Waals surface area contributed by atoms with E-state index >= 15 is 0 Å². The molecule has 9 aromatic rings. The van der Waals surface area contributed by atoms with Crippen LogP contribution in [0.3, 0.4) is 0 Å². The largest absolute Gasteiger partial charge is 0.455 e. The van der Waals surface area contributed by atoms with Gasteiger partial charge in [0.1, 0.15) is 16.9 Å². The van der Waals surface area contributed by atoms with Crippen LogP contribution in [0.2, 0.25) is 0 Å². The highest BCUT2D eigenvalue weighted by atomic mass is 16.3. The van der Waals surface area contributed by atoms with E-state index in [2.05, 4.69) is 115 Å². The van der Waals surface area contributed by atoms with E-state index in [0.717, 1.165) is 66.3 Å². The van der Waals surface area contributed by atoms with Crippen molar-refractivity contribution in [2.24, 2.45) is 0 Å². The van der Waals surface area contributed by atoms with Crippen molar-refractivity contribution in [1.82, 2.24) is 9.97 Å². The van der Waals surface area contributed by atoms with Crippen molar-refractivity contribution in [3.05, 3.63) is 158 Å². The van der Waals surface area contributed by atoms with Crippen LogP contribution in [0.25, 0.3) is 88.5 Å². The van der Waals surface area contributed by atoms with Gasteiger partial charge in [0.2, 0.25) is 0 Å². The molecular weight excluding hydrogens is 548 g/mol. The van der Waals surface area contributed by atoms with Gasteiger partial charge in [0.15, 0.2) is 0 Å². The maximum atomic E-state index is 6.85. The van der Waals surface area contributed by atoms with Crippen LogP contribution < -0.4 is 0 Å². The van der Waals surface area contributed by atoms with E-state index in [1.807, 2.05) is 42.5 Å². The fraction of sp³-hybridized carbons (Fsp3) is 0. The topological polar surface area (TPSA) is 38.9 Å². The van der Waals surface area contributed by atoms with E-state index in [4.69, 9.17) is 14.4 Å². The Bertz CT molecular complexity index is 2510. The lowest BCUT2D eigenvalue weighted by molar-refractivity contribution is 0.673. The highest BCUT2D eigenvalue weighted by molar-refractivity contribution is 6.20. The molecule has 0 radical (unpaired) electrons. The van der Waals surface area contributed by atoms with Crippen molar-refractivity contribution < 1.29 is 4.42 Å². The van der Waals surface area contributed by atoms with Crippen LogP contribution in [0.15, 0.2) is 162 Å². The zero-order chi connectivity index (χ0) is 29.7. The van der Waals surface area contributed by atoms with Gasteiger partial charge >= 0.3 is 0 Å². The summed E-state index contributed by atoms with van der Waals surface area (Å²) in [6.45, 7) is 0. The minimum absolute atomic E-state index is 0.811. The standard InChI is InChI=1S/C42H26N2O/c1-3-12-27(13-4-1)28-22-24-29(25-23-28)35-26-36-33-18-11-19-34(41(33)45-42(36)32-17-8-7-16-31(32)35)40-39(30-14-5-2-6-15-30)43-37-20-9-10-21-38(37)44-40/h1-26H. The van der Waals surface area contributed by atoms with Crippen molar-refractivity contribution in [1.29, 1.82) is 0 Å².